The Kier molecular flexibility index (Phi) is 6.67. The van der Waals surface area contributed by atoms with Crippen LogP contribution in [0.3, 0.4) is 0 Å². The monoisotopic (exact) mass is 655 g/mol. The van der Waals surface area contributed by atoms with Crippen LogP contribution in [0.1, 0.15) is 11.4 Å². The number of nitrogens with zero attached hydrogens (tertiary/aromatic N) is 4. The van der Waals surface area contributed by atoms with Crippen molar-refractivity contribution in [3.8, 4) is 67.3 Å². The molecular formula is C44H29N7. The molecule has 2 aliphatic heterocycles. The summed E-state index contributed by atoms with van der Waals surface area (Å²) in [6.45, 7) is 0. The van der Waals surface area contributed by atoms with Gasteiger partial charge in [0.1, 0.15) is 22.8 Å². The van der Waals surface area contributed by atoms with Crippen LogP contribution in [0.5, 0.6) is 0 Å². The van der Waals surface area contributed by atoms with Crippen molar-refractivity contribution in [3.05, 3.63) is 157 Å². The summed E-state index contributed by atoms with van der Waals surface area (Å²) < 4.78 is 0. The van der Waals surface area contributed by atoms with E-state index in [0.29, 0.717) is 11.4 Å². The molecule has 0 radical (unpaired) electrons. The number of benzene rings is 4. The van der Waals surface area contributed by atoms with Gasteiger partial charge in [-0.1, -0.05) is 121 Å². The molecule has 8 bridgehead atoms. The van der Waals surface area contributed by atoms with Gasteiger partial charge in [-0.2, -0.15) is 15.4 Å². The fourth-order valence-electron chi connectivity index (χ4n) is 7.28. The van der Waals surface area contributed by atoms with E-state index in [0.717, 1.165) is 89.4 Å². The maximum absolute atomic E-state index is 5.44. The Balaban J connectivity index is 1.44. The lowest BCUT2D eigenvalue weighted by Gasteiger charge is -2.07. The third kappa shape index (κ3) is 4.82. The summed E-state index contributed by atoms with van der Waals surface area (Å²) in [5.74, 6) is 0. The molecule has 0 saturated heterocycles. The Hall–Kier alpha value is -7.12. The van der Waals surface area contributed by atoms with E-state index in [-0.39, 0.29) is 0 Å². The van der Waals surface area contributed by atoms with E-state index >= 15 is 0 Å². The minimum Gasteiger partial charge on any atom is -0.354 e. The Labute approximate surface area is 293 Å². The highest BCUT2D eigenvalue weighted by molar-refractivity contribution is 6.03. The zero-order valence-electron chi connectivity index (χ0n) is 27.3. The zero-order chi connectivity index (χ0) is 33.7. The summed E-state index contributed by atoms with van der Waals surface area (Å²) in [5, 5.41) is 12.3. The molecule has 0 fully saturated rings. The highest BCUT2D eigenvalue weighted by Gasteiger charge is 2.29. The van der Waals surface area contributed by atoms with Crippen molar-refractivity contribution in [3.63, 3.8) is 0 Å². The van der Waals surface area contributed by atoms with Crippen LogP contribution >= 0.6 is 0 Å². The average molecular weight is 656 g/mol. The van der Waals surface area contributed by atoms with Crippen molar-refractivity contribution in [1.29, 1.82) is 0 Å². The lowest BCUT2D eigenvalue weighted by molar-refractivity contribution is 0.938. The second-order valence-corrected chi connectivity index (χ2v) is 12.6. The number of aromatic nitrogens is 7. The fraction of sp³-hybridized carbons (Fsp3) is 0. The van der Waals surface area contributed by atoms with Gasteiger partial charge in [-0.3, -0.25) is 0 Å². The van der Waals surface area contributed by atoms with E-state index < -0.39 is 0 Å². The van der Waals surface area contributed by atoms with Gasteiger partial charge < -0.3 is 9.97 Å². The molecular weight excluding hydrogens is 627 g/mol. The lowest BCUT2D eigenvalue weighted by atomic mass is 10.0. The van der Waals surface area contributed by atoms with Crippen molar-refractivity contribution < 1.29 is 0 Å². The highest BCUT2D eigenvalue weighted by Crippen LogP contribution is 2.44. The number of aromatic amines is 3. The summed E-state index contributed by atoms with van der Waals surface area (Å²) in [4.78, 5) is 18.4. The summed E-state index contributed by atoms with van der Waals surface area (Å²) in [6.07, 6.45) is 4.24. The largest absolute Gasteiger partial charge is 0.354 e. The van der Waals surface area contributed by atoms with Gasteiger partial charge in [-0.05, 0) is 58.7 Å². The van der Waals surface area contributed by atoms with Crippen LogP contribution in [0.25, 0.3) is 102 Å². The predicted octanol–water partition coefficient (Wildman–Crippen LogP) is 10.6. The Bertz CT molecular complexity index is 2590. The molecule has 7 nitrogen and oxygen atoms in total. The van der Waals surface area contributed by atoms with Gasteiger partial charge in [0, 0.05) is 44.3 Å². The fourth-order valence-corrected chi connectivity index (χ4v) is 7.28. The normalized spacial score (nSPS) is 11.8. The van der Waals surface area contributed by atoms with Gasteiger partial charge in [-0.15, -0.1) is 0 Å². The number of fused-ring (bicyclic) bond motifs is 11. The number of H-pyrrole nitrogens is 3. The van der Waals surface area contributed by atoms with Crippen LogP contribution in [-0.4, -0.2) is 35.3 Å². The average Bonchev–Trinajstić information content (AvgIpc) is 4.03. The molecule has 51 heavy (non-hydrogen) atoms. The molecule has 4 aromatic heterocycles. The van der Waals surface area contributed by atoms with Crippen LogP contribution in [0.4, 0.5) is 0 Å². The molecule has 0 saturated carbocycles. The van der Waals surface area contributed by atoms with E-state index in [2.05, 4.69) is 149 Å². The van der Waals surface area contributed by atoms with Gasteiger partial charge >= 0.3 is 0 Å². The first-order valence-electron chi connectivity index (χ1n) is 16.9. The van der Waals surface area contributed by atoms with Crippen LogP contribution in [0, 0.1) is 0 Å². The van der Waals surface area contributed by atoms with Crippen molar-refractivity contribution in [2.75, 3.05) is 0 Å². The summed E-state index contributed by atoms with van der Waals surface area (Å²) >= 11 is 0. The molecule has 6 heterocycles. The molecule has 7 heteroatoms. The zero-order valence-corrected chi connectivity index (χ0v) is 27.3. The van der Waals surface area contributed by atoms with Gasteiger partial charge in [0.05, 0.1) is 11.4 Å². The van der Waals surface area contributed by atoms with E-state index in [9.17, 15) is 0 Å². The lowest BCUT2D eigenvalue weighted by Crippen LogP contribution is -1.89. The summed E-state index contributed by atoms with van der Waals surface area (Å²) in [6, 6.07) is 50.1. The second-order valence-electron chi connectivity index (χ2n) is 12.6. The Morgan fingerprint density at radius 2 is 0.647 bits per heavy atom. The SMILES string of the molecule is C1=Cc2nc1c(-c1ccccc1)c1ccc([nH]1)c(-c1ccccc1)c1nc(c(-c3ccccc3)c3ccc([nH]3)c2-c2ccccc2)-c2n[nH]nc2-1. The van der Waals surface area contributed by atoms with Gasteiger partial charge in [0.25, 0.3) is 0 Å². The van der Waals surface area contributed by atoms with E-state index in [1.807, 2.05) is 24.3 Å². The molecule has 4 aromatic carbocycles. The first-order chi connectivity index (χ1) is 25.3. The number of rotatable bonds is 4. The van der Waals surface area contributed by atoms with Crippen molar-refractivity contribution in [1.82, 2.24) is 35.3 Å². The van der Waals surface area contributed by atoms with Crippen molar-refractivity contribution in [2.24, 2.45) is 0 Å². The van der Waals surface area contributed by atoms with Crippen molar-refractivity contribution >= 4 is 34.2 Å². The quantitative estimate of drug-likeness (QED) is 0.176. The van der Waals surface area contributed by atoms with Crippen LogP contribution in [-0.2, 0) is 0 Å². The molecule has 0 atom stereocenters. The summed E-state index contributed by atoms with van der Waals surface area (Å²) in [5.41, 5.74) is 16.4. The molecule has 10 rings (SSSR count). The predicted molar refractivity (Wildman–Crippen MR) is 206 cm³/mol. The first-order valence-corrected chi connectivity index (χ1v) is 16.9. The van der Waals surface area contributed by atoms with E-state index in [4.69, 9.17) is 20.2 Å². The molecule has 0 aliphatic carbocycles. The molecule has 8 aromatic rings. The molecule has 0 spiro atoms. The Morgan fingerprint density at radius 1 is 0.314 bits per heavy atom. The number of hydrogen-bond acceptors (Lipinski definition) is 4. The standard InChI is InChI=1S/C44H29N7/c1-5-13-27(14-6-1)37-31-21-22-32(45-31)38(28-15-7-2-8-16-28)34-24-26-36(47-34)40(30-19-11-4-12-20-30)42-44-43(49-51-50-44)41(48-42)39(29-17-9-3-10-18-29)35-25-23-33(37)46-35/h1-26,46-47H,(H,49,50,51). The van der Waals surface area contributed by atoms with E-state index in [1.165, 1.54) is 0 Å². The van der Waals surface area contributed by atoms with Crippen LogP contribution in [0.15, 0.2) is 146 Å². The van der Waals surface area contributed by atoms with Gasteiger partial charge in [0.2, 0.25) is 0 Å². The van der Waals surface area contributed by atoms with Crippen LogP contribution < -0.4 is 0 Å². The molecule has 3 N–H and O–H groups in total. The van der Waals surface area contributed by atoms with Gasteiger partial charge in [-0.25, -0.2) is 9.97 Å². The summed E-state index contributed by atoms with van der Waals surface area (Å²) in [7, 11) is 0. The smallest absolute Gasteiger partial charge is 0.141 e. The molecule has 2 aliphatic rings. The topological polar surface area (TPSA) is 98.9 Å². The number of hydrogen-bond donors (Lipinski definition) is 3. The molecule has 240 valence electrons. The van der Waals surface area contributed by atoms with Crippen LogP contribution in [0.2, 0.25) is 0 Å². The van der Waals surface area contributed by atoms with E-state index in [1.54, 1.807) is 0 Å². The molecule has 0 unspecified atom stereocenters. The second kappa shape index (κ2) is 11.8. The van der Waals surface area contributed by atoms with Gasteiger partial charge in [0.15, 0.2) is 0 Å². The maximum Gasteiger partial charge on any atom is 0.141 e. The third-order valence-corrected chi connectivity index (χ3v) is 9.55. The number of nitrogens with one attached hydrogen (secondary N) is 3. The third-order valence-electron chi connectivity index (χ3n) is 9.55. The Morgan fingerprint density at radius 3 is 1.02 bits per heavy atom. The maximum atomic E-state index is 5.44. The highest BCUT2D eigenvalue weighted by atomic mass is 15.3. The van der Waals surface area contributed by atoms with Crippen molar-refractivity contribution in [2.45, 2.75) is 0 Å². The minimum absolute atomic E-state index is 0.704. The first kappa shape index (κ1) is 28.9. The molecule has 0 amide bonds. The minimum atomic E-state index is 0.704.